The molecule has 2 aromatic carbocycles. The van der Waals surface area contributed by atoms with Crippen molar-refractivity contribution in [2.24, 2.45) is 5.73 Å². The maximum Gasteiger partial charge on any atom is 0.254 e. The van der Waals surface area contributed by atoms with Crippen molar-refractivity contribution < 1.29 is 19.1 Å². The third-order valence-corrected chi connectivity index (χ3v) is 5.21. The van der Waals surface area contributed by atoms with Crippen molar-refractivity contribution in [2.45, 2.75) is 6.42 Å². The molecule has 36 heavy (non-hydrogen) atoms. The topological polar surface area (TPSA) is 144 Å². The standard InChI is InChI=1S/C26H26N6O4/c1-35-13-14-36-20-11-12-21(28-16-20)30-26-23(25(27)34)24(31-32-26)18-7-9-19(10-8-18)29-22(33)15-17-5-3-2-4-6-17/h2-12,16H,13-15H2,1H3,(H2,27,34)(H,29,33)(H2,28,30,31,32). The number of ether oxygens (including phenoxy) is 2. The van der Waals surface area contributed by atoms with Gasteiger partial charge in [0.2, 0.25) is 5.91 Å². The highest BCUT2D eigenvalue weighted by Gasteiger charge is 2.20. The molecule has 5 N–H and O–H groups in total. The Bertz CT molecular complexity index is 1300. The number of H-pyrrole nitrogens is 1. The average Bonchev–Trinajstić information content (AvgIpc) is 3.30. The lowest BCUT2D eigenvalue weighted by molar-refractivity contribution is -0.115. The summed E-state index contributed by atoms with van der Waals surface area (Å²) in [5.74, 6) is 0.609. The van der Waals surface area contributed by atoms with E-state index in [9.17, 15) is 9.59 Å². The zero-order valence-corrected chi connectivity index (χ0v) is 19.7. The molecule has 0 radical (unpaired) electrons. The van der Waals surface area contributed by atoms with E-state index in [1.54, 1.807) is 49.7 Å². The Hall–Kier alpha value is -4.70. The Kier molecular flexibility index (Phi) is 7.89. The Morgan fingerprint density at radius 1 is 1.00 bits per heavy atom. The molecule has 0 aliphatic rings. The van der Waals surface area contributed by atoms with E-state index >= 15 is 0 Å². The van der Waals surface area contributed by atoms with Gasteiger partial charge in [0.05, 0.1) is 19.2 Å². The first-order valence-electron chi connectivity index (χ1n) is 11.2. The van der Waals surface area contributed by atoms with Gasteiger partial charge in [-0.1, -0.05) is 42.5 Å². The first-order valence-corrected chi connectivity index (χ1v) is 11.2. The van der Waals surface area contributed by atoms with E-state index in [4.69, 9.17) is 15.2 Å². The molecule has 10 nitrogen and oxygen atoms in total. The van der Waals surface area contributed by atoms with E-state index < -0.39 is 5.91 Å². The monoisotopic (exact) mass is 486 g/mol. The molecule has 4 aromatic rings. The van der Waals surface area contributed by atoms with Crippen LogP contribution in [-0.2, 0) is 16.0 Å². The van der Waals surface area contributed by atoms with Crippen LogP contribution >= 0.6 is 0 Å². The summed E-state index contributed by atoms with van der Waals surface area (Å²) >= 11 is 0. The molecule has 0 aliphatic heterocycles. The van der Waals surface area contributed by atoms with Crippen molar-refractivity contribution in [1.82, 2.24) is 15.2 Å². The number of anilines is 3. The maximum atomic E-state index is 12.3. The van der Waals surface area contributed by atoms with Crippen LogP contribution in [0.3, 0.4) is 0 Å². The van der Waals surface area contributed by atoms with Crippen molar-refractivity contribution in [3.63, 3.8) is 0 Å². The van der Waals surface area contributed by atoms with Gasteiger partial charge < -0.3 is 25.8 Å². The molecule has 0 fully saturated rings. The number of hydrogen-bond donors (Lipinski definition) is 4. The first kappa shape index (κ1) is 24.4. The second-order valence-electron chi connectivity index (χ2n) is 7.82. The van der Waals surface area contributed by atoms with Crippen LogP contribution in [0.4, 0.5) is 17.3 Å². The normalized spacial score (nSPS) is 10.6. The number of aromatic nitrogens is 3. The minimum atomic E-state index is -0.652. The summed E-state index contributed by atoms with van der Waals surface area (Å²) in [7, 11) is 1.60. The highest BCUT2D eigenvalue weighted by molar-refractivity contribution is 6.04. The fourth-order valence-electron chi connectivity index (χ4n) is 3.49. The van der Waals surface area contributed by atoms with Crippen LogP contribution in [0.25, 0.3) is 11.3 Å². The summed E-state index contributed by atoms with van der Waals surface area (Å²) in [5, 5.41) is 13.0. The second kappa shape index (κ2) is 11.6. The number of amides is 2. The molecule has 4 rings (SSSR count). The largest absolute Gasteiger partial charge is 0.490 e. The SMILES string of the molecule is COCCOc1ccc(Nc2[nH]nc(-c3ccc(NC(=O)Cc4ccccc4)cc3)c2C(N)=O)nc1. The van der Waals surface area contributed by atoms with Crippen molar-refractivity contribution >= 4 is 29.1 Å². The van der Waals surface area contributed by atoms with Gasteiger partial charge in [-0.05, 0) is 29.8 Å². The lowest BCUT2D eigenvalue weighted by atomic mass is 10.1. The quantitative estimate of drug-likeness (QED) is 0.237. The molecule has 2 amide bonds. The summed E-state index contributed by atoms with van der Waals surface area (Å²) in [5.41, 5.74) is 8.45. The molecule has 0 unspecified atom stereocenters. The fourth-order valence-corrected chi connectivity index (χ4v) is 3.49. The summed E-state index contributed by atoms with van der Waals surface area (Å²) in [6.45, 7) is 0.885. The third kappa shape index (κ3) is 6.24. The van der Waals surface area contributed by atoms with Gasteiger partial charge in [-0.3, -0.25) is 14.7 Å². The summed E-state index contributed by atoms with van der Waals surface area (Å²) in [6, 6.07) is 20.0. The van der Waals surface area contributed by atoms with Gasteiger partial charge in [-0.25, -0.2) is 4.98 Å². The van der Waals surface area contributed by atoms with Crippen LogP contribution in [0.2, 0.25) is 0 Å². The number of hydrogen-bond acceptors (Lipinski definition) is 7. The molecule has 0 saturated heterocycles. The molecule has 0 aliphatic carbocycles. The maximum absolute atomic E-state index is 12.3. The molecule has 184 valence electrons. The molecule has 0 bridgehead atoms. The molecule has 0 saturated carbocycles. The van der Waals surface area contributed by atoms with Gasteiger partial charge >= 0.3 is 0 Å². The number of nitrogens with one attached hydrogen (secondary N) is 3. The minimum absolute atomic E-state index is 0.124. The highest BCUT2D eigenvalue weighted by atomic mass is 16.5. The average molecular weight is 487 g/mol. The van der Waals surface area contributed by atoms with Crippen molar-refractivity contribution in [1.29, 1.82) is 0 Å². The fraction of sp³-hybridized carbons (Fsp3) is 0.154. The number of pyridine rings is 1. The lowest BCUT2D eigenvalue weighted by Crippen LogP contribution is -2.14. The molecule has 2 aromatic heterocycles. The van der Waals surface area contributed by atoms with Crippen molar-refractivity contribution in [3.05, 3.63) is 84.1 Å². The van der Waals surface area contributed by atoms with Gasteiger partial charge in [-0.15, -0.1) is 0 Å². The highest BCUT2D eigenvalue weighted by Crippen LogP contribution is 2.29. The number of rotatable bonds is 11. The number of methoxy groups -OCH3 is 1. The molecule has 10 heteroatoms. The van der Waals surface area contributed by atoms with E-state index in [-0.39, 0.29) is 17.9 Å². The second-order valence-corrected chi connectivity index (χ2v) is 7.82. The van der Waals surface area contributed by atoms with E-state index in [2.05, 4.69) is 25.8 Å². The number of nitrogens with two attached hydrogens (primary N) is 1. The number of carbonyl (C=O) groups excluding carboxylic acids is 2. The summed E-state index contributed by atoms with van der Waals surface area (Å²) in [6.07, 6.45) is 1.83. The van der Waals surface area contributed by atoms with Gasteiger partial charge in [0.25, 0.3) is 5.91 Å². The zero-order valence-electron chi connectivity index (χ0n) is 19.7. The Labute approximate surface area is 207 Å². The molecule has 0 atom stereocenters. The van der Waals surface area contributed by atoms with Gasteiger partial charge in [0.15, 0.2) is 0 Å². The van der Waals surface area contributed by atoms with Gasteiger partial charge in [-0.2, -0.15) is 5.10 Å². The van der Waals surface area contributed by atoms with E-state index in [1.807, 2.05) is 30.3 Å². The van der Waals surface area contributed by atoms with Crippen LogP contribution in [0.5, 0.6) is 5.75 Å². The minimum Gasteiger partial charge on any atom is -0.490 e. The summed E-state index contributed by atoms with van der Waals surface area (Å²) < 4.78 is 10.5. The molecule has 2 heterocycles. The van der Waals surface area contributed by atoms with Crippen LogP contribution in [0.1, 0.15) is 15.9 Å². The predicted molar refractivity (Wildman–Crippen MR) is 136 cm³/mol. The number of nitrogens with zero attached hydrogens (tertiary/aromatic N) is 2. The third-order valence-electron chi connectivity index (χ3n) is 5.21. The van der Waals surface area contributed by atoms with Crippen LogP contribution in [0.15, 0.2) is 72.9 Å². The van der Waals surface area contributed by atoms with Crippen molar-refractivity contribution in [3.8, 4) is 17.0 Å². The summed E-state index contributed by atoms with van der Waals surface area (Å²) in [4.78, 5) is 28.9. The zero-order chi connectivity index (χ0) is 25.3. The number of aromatic amines is 1. The van der Waals surface area contributed by atoms with E-state index in [0.29, 0.717) is 47.5 Å². The smallest absolute Gasteiger partial charge is 0.254 e. The number of benzene rings is 2. The molecular formula is C26H26N6O4. The van der Waals surface area contributed by atoms with Gasteiger partial charge in [0, 0.05) is 18.4 Å². The van der Waals surface area contributed by atoms with E-state index in [0.717, 1.165) is 5.56 Å². The predicted octanol–water partition coefficient (Wildman–Crippen LogP) is 3.52. The lowest BCUT2D eigenvalue weighted by Gasteiger charge is -2.08. The molecule has 0 spiro atoms. The first-order chi connectivity index (χ1) is 17.5. The number of carbonyl (C=O) groups is 2. The number of primary amides is 1. The molecular weight excluding hydrogens is 460 g/mol. The Morgan fingerprint density at radius 2 is 1.78 bits per heavy atom. The van der Waals surface area contributed by atoms with Crippen LogP contribution in [0, 0.1) is 0 Å². The van der Waals surface area contributed by atoms with Crippen LogP contribution < -0.4 is 21.1 Å². The van der Waals surface area contributed by atoms with Crippen LogP contribution in [-0.4, -0.2) is 47.3 Å². The van der Waals surface area contributed by atoms with Crippen molar-refractivity contribution in [2.75, 3.05) is 31.0 Å². The Balaban J connectivity index is 1.44. The Morgan fingerprint density at radius 3 is 2.44 bits per heavy atom. The van der Waals surface area contributed by atoms with Gasteiger partial charge in [0.1, 0.15) is 35.2 Å². The van der Waals surface area contributed by atoms with E-state index in [1.165, 1.54) is 0 Å².